The molecular formula is C21H22F2N4O5. The number of rotatable bonds is 4. The zero-order valence-electron chi connectivity index (χ0n) is 17.3. The van der Waals surface area contributed by atoms with E-state index in [-0.39, 0.29) is 93.8 Å². The molecule has 11 heteroatoms. The van der Waals surface area contributed by atoms with Gasteiger partial charge in [-0.15, -0.1) is 0 Å². The van der Waals surface area contributed by atoms with Gasteiger partial charge in [0.15, 0.2) is 0 Å². The molecule has 0 spiro atoms. The van der Waals surface area contributed by atoms with Gasteiger partial charge in [-0.25, -0.2) is 8.78 Å². The number of imide groups is 1. The molecule has 0 N–H and O–H groups in total. The highest BCUT2D eigenvalue weighted by molar-refractivity contribution is 6.04. The monoisotopic (exact) mass is 448 g/mol. The first-order valence-electron chi connectivity index (χ1n) is 10.4. The van der Waals surface area contributed by atoms with Crippen molar-refractivity contribution >= 4 is 35.2 Å². The number of likely N-dealkylation sites (tertiary alicyclic amines) is 1. The number of halogens is 2. The van der Waals surface area contributed by atoms with E-state index in [1.807, 2.05) is 0 Å². The lowest BCUT2D eigenvalue weighted by molar-refractivity contribution is -0.147. The van der Waals surface area contributed by atoms with Crippen LogP contribution in [0.1, 0.15) is 19.3 Å². The van der Waals surface area contributed by atoms with Gasteiger partial charge in [-0.1, -0.05) is 0 Å². The largest absolute Gasteiger partial charge is 0.339 e. The molecule has 0 radical (unpaired) electrons. The summed E-state index contributed by atoms with van der Waals surface area (Å²) in [6.45, 7) is 0.749. The fourth-order valence-corrected chi connectivity index (χ4v) is 4.29. The van der Waals surface area contributed by atoms with Gasteiger partial charge in [0.05, 0.1) is 5.92 Å². The van der Waals surface area contributed by atoms with Gasteiger partial charge in [-0.2, -0.15) is 0 Å². The lowest BCUT2D eigenvalue weighted by atomic mass is 10.1. The molecule has 5 amide bonds. The first kappa shape index (κ1) is 21.8. The SMILES string of the molecule is O=C(CN1C(=O)CCC1=O)N1CCN(C(=O)C2CC(=O)N(c3cc(F)cc(F)c3)C2)CC1. The molecule has 3 aliphatic rings. The van der Waals surface area contributed by atoms with Crippen molar-refractivity contribution in [3.05, 3.63) is 29.8 Å². The summed E-state index contributed by atoms with van der Waals surface area (Å²) in [6.07, 6.45) is 0.177. The van der Waals surface area contributed by atoms with E-state index in [0.29, 0.717) is 6.07 Å². The highest BCUT2D eigenvalue weighted by Crippen LogP contribution is 2.28. The summed E-state index contributed by atoms with van der Waals surface area (Å²) in [5.74, 6) is -3.96. The lowest BCUT2D eigenvalue weighted by Crippen LogP contribution is -2.54. The van der Waals surface area contributed by atoms with Gasteiger partial charge in [-0.05, 0) is 12.1 Å². The molecule has 9 nitrogen and oxygen atoms in total. The van der Waals surface area contributed by atoms with E-state index in [2.05, 4.69) is 0 Å². The van der Waals surface area contributed by atoms with Crippen LogP contribution in [0.2, 0.25) is 0 Å². The van der Waals surface area contributed by atoms with Crippen molar-refractivity contribution in [3.63, 3.8) is 0 Å². The summed E-state index contributed by atoms with van der Waals surface area (Å²) in [6, 6.07) is 2.81. The third-order valence-electron chi connectivity index (χ3n) is 6.03. The highest BCUT2D eigenvalue weighted by atomic mass is 19.1. The molecule has 1 unspecified atom stereocenters. The molecule has 0 aromatic heterocycles. The van der Waals surface area contributed by atoms with E-state index in [9.17, 15) is 32.8 Å². The molecule has 0 aliphatic carbocycles. The van der Waals surface area contributed by atoms with Crippen LogP contribution >= 0.6 is 0 Å². The van der Waals surface area contributed by atoms with Crippen molar-refractivity contribution in [2.24, 2.45) is 5.92 Å². The predicted molar refractivity (Wildman–Crippen MR) is 106 cm³/mol. The predicted octanol–water partition coefficient (Wildman–Crippen LogP) is 0.138. The van der Waals surface area contributed by atoms with E-state index in [4.69, 9.17) is 0 Å². The first-order valence-corrected chi connectivity index (χ1v) is 10.4. The maximum Gasteiger partial charge on any atom is 0.242 e. The van der Waals surface area contributed by atoms with Crippen LogP contribution in [0.3, 0.4) is 0 Å². The van der Waals surface area contributed by atoms with Gasteiger partial charge in [0.2, 0.25) is 29.5 Å². The third kappa shape index (κ3) is 4.32. The topological polar surface area (TPSA) is 98.3 Å². The molecule has 3 saturated heterocycles. The summed E-state index contributed by atoms with van der Waals surface area (Å²) in [5, 5.41) is 0. The molecule has 3 fully saturated rings. The van der Waals surface area contributed by atoms with Gasteiger partial charge in [0, 0.05) is 63.7 Å². The second-order valence-electron chi connectivity index (χ2n) is 8.11. The number of anilines is 1. The zero-order chi connectivity index (χ0) is 23.0. The Balaban J connectivity index is 1.31. The Morgan fingerprint density at radius 2 is 1.41 bits per heavy atom. The quantitative estimate of drug-likeness (QED) is 0.611. The molecule has 3 heterocycles. The molecule has 1 aromatic carbocycles. The van der Waals surface area contributed by atoms with Crippen LogP contribution in [0.15, 0.2) is 18.2 Å². The minimum atomic E-state index is -0.805. The number of nitrogens with zero attached hydrogens (tertiary/aromatic N) is 4. The third-order valence-corrected chi connectivity index (χ3v) is 6.03. The van der Waals surface area contributed by atoms with Crippen LogP contribution < -0.4 is 4.90 Å². The number of amides is 5. The van der Waals surface area contributed by atoms with Crippen molar-refractivity contribution in [2.75, 3.05) is 44.2 Å². The molecule has 170 valence electrons. The number of carbonyl (C=O) groups is 5. The Bertz CT molecular complexity index is 956. The summed E-state index contributed by atoms with van der Waals surface area (Å²) < 4.78 is 27.0. The maximum absolute atomic E-state index is 13.5. The average Bonchev–Trinajstić information content (AvgIpc) is 3.29. The van der Waals surface area contributed by atoms with Crippen molar-refractivity contribution < 1.29 is 32.8 Å². The Hall–Kier alpha value is -3.37. The normalized spacial score (nSPS) is 21.7. The van der Waals surface area contributed by atoms with Crippen LogP contribution in [-0.4, -0.2) is 83.5 Å². The van der Waals surface area contributed by atoms with E-state index in [1.165, 1.54) is 9.80 Å². The maximum atomic E-state index is 13.5. The van der Waals surface area contributed by atoms with Gasteiger partial charge < -0.3 is 14.7 Å². The van der Waals surface area contributed by atoms with Crippen LogP contribution in [0.5, 0.6) is 0 Å². The summed E-state index contributed by atoms with van der Waals surface area (Å²) in [7, 11) is 0. The number of piperazine rings is 1. The lowest BCUT2D eigenvalue weighted by Gasteiger charge is -2.36. The van der Waals surface area contributed by atoms with Gasteiger partial charge in [-0.3, -0.25) is 28.9 Å². The van der Waals surface area contributed by atoms with Crippen LogP contribution in [0.25, 0.3) is 0 Å². The van der Waals surface area contributed by atoms with Crippen LogP contribution in [0.4, 0.5) is 14.5 Å². The molecule has 0 bridgehead atoms. The van der Waals surface area contributed by atoms with Crippen LogP contribution in [0, 0.1) is 17.6 Å². The first-order chi connectivity index (χ1) is 15.2. The van der Waals surface area contributed by atoms with E-state index >= 15 is 0 Å². The Morgan fingerprint density at radius 1 is 0.844 bits per heavy atom. The molecule has 3 aliphatic heterocycles. The molecule has 32 heavy (non-hydrogen) atoms. The van der Waals surface area contributed by atoms with E-state index in [0.717, 1.165) is 17.0 Å². The van der Waals surface area contributed by atoms with E-state index in [1.54, 1.807) is 4.90 Å². The highest BCUT2D eigenvalue weighted by Gasteiger charge is 2.39. The van der Waals surface area contributed by atoms with Crippen LogP contribution in [-0.2, 0) is 24.0 Å². The second-order valence-corrected chi connectivity index (χ2v) is 8.11. The number of carbonyl (C=O) groups excluding carboxylic acids is 5. The summed E-state index contributed by atoms with van der Waals surface area (Å²) in [4.78, 5) is 66.3. The number of benzene rings is 1. The second kappa shape index (κ2) is 8.64. The Labute approximate surface area is 182 Å². The minimum absolute atomic E-state index is 0.0267. The van der Waals surface area contributed by atoms with Gasteiger partial charge in [0.1, 0.15) is 18.2 Å². The van der Waals surface area contributed by atoms with Crippen molar-refractivity contribution in [2.45, 2.75) is 19.3 Å². The Morgan fingerprint density at radius 3 is 2.00 bits per heavy atom. The van der Waals surface area contributed by atoms with Crippen molar-refractivity contribution in [3.8, 4) is 0 Å². The standard InChI is InChI=1S/C21H22F2N4O5/c22-14-8-15(23)10-16(9-14)26-11-13(7-19(26)30)21(32)25-5-3-24(4-6-25)20(31)12-27-17(28)1-2-18(27)29/h8-10,13H,1-7,11-12H2. The molecule has 1 aromatic rings. The van der Waals surface area contributed by atoms with Crippen molar-refractivity contribution in [1.82, 2.24) is 14.7 Å². The fourth-order valence-electron chi connectivity index (χ4n) is 4.29. The van der Waals surface area contributed by atoms with Gasteiger partial charge in [0.25, 0.3) is 0 Å². The smallest absolute Gasteiger partial charge is 0.242 e. The molecule has 4 rings (SSSR count). The Kier molecular flexibility index (Phi) is 5.90. The summed E-state index contributed by atoms with van der Waals surface area (Å²) >= 11 is 0. The van der Waals surface area contributed by atoms with E-state index < -0.39 is 17.6 Å². The average molecular weight is 448 g/mol. The van der Waals surface area contributed by atoms with Crippen molar-refractivity contribution in [1.29, 1.82) is 0 Å². The molecular weight excluding hydrogens is 426 g/mol. The fraction of sp³-hybridized carbons (Fsp3) is 0.476. The van der Waals surface area contributed by atoms with Gasteiger partial charge >= 0.3 is 0 Å². The number of hydrogen-bond donors (Lipinski definition) is 0. The molecule has 0 saturated carbocycles. The zero-order valence-corrected chi connectivity index (χ0v) is 17.3. The molecule has 1 atom stereocenters. The summed E-state index contributed by atoms with van der Waals surface area (Å²) in [5.41, 5.74) is 0.0734. The number of hydrogen-bond acceptors (Lipinski definition) is 5. The minimum Gasteiger partial charge on any atom is -0.339 e.